The minimum atomic E-state index is -0.729. The van der Waals surface area contributed by atoms with Crippen LogP contribution >= 0.6 is 11.6 Å². The molecule has 0 aliphatic rings. The van der Waals surface area contributed by atoms with Gasteiger partial charge in [-0.2, -0.15) is 5.10 Å². The fraction of sp³-hybridized carbons (Fsp3) is 0.286. The van der Waals surface area contributed by atoms with Crippen molar-refractivity contribution in [1.29, 1.82) is 0 Å². The predicted molar refractivity (Wildman–Crippen MR) is 111 cm³/mol. The van der Waals surface area contributed by atoms with Crippen LogP contribution in [0.25, 0.3) is 0 Å². The van der Waals surface area contributed by atoms with Crippen molar-refractivity contribution in [2.75, 3.05) is 7.11 Å². The molecule has 6 nitrogen and oxygen atoms in total. The first kappa shape index (κ1) is 21.4. The van der Waals surface area contributed by atoms with E-state index in [0.717, 1.165) is 16.9 Å². The molecule has 0 aliphatic heterocycles. The van der Waals surface area contributed by atoms with Gasteiger partial charge in [0.25, 0.3) is 11.8 Å². The first-order valence-electron chi connectivity index (χ1n) is 8.85. The number of nitrogens with one attached hydrogen (secondary N) is 2. The van der Waals surface area contributed by atoms with E-state index in [-0.39, 0.29) is 11.8 Å². The molecule has 2 aromatic rings. The molecular weight excluding hydrogens is 378 g/mol. The van der Waals surface area contributed by atoms with Crippen molar-refractivity contribution >= 4 is 29.6 Å². The van der Waals surface area contributed by atoms with Crippen LogP contribution in [0.15, 0.2) is 47.6 Å². The van der Waals surface area contributed by atoms with Crippen molar-refractivity contribution < 1.29 is 14.3 Å². The smallest absolute Gasteiger partial charge is 0.262 e. The van der Waals surface area contributed by atoms with Crippen LogP contribution in [0.5, 0.6) is 5.75 Å². The van der Waals surface area contributed by atoms with Crippen LogP contribution in [-0.4, -0.2) is 31.2 Å². The Kier molecular flexibility index (Phi) is 7.58. The first-order valence-corrected chi connectivity index (χ1v) is 9.23. The number of carbonyl (C=O) groups excluding carboxylic acids is 2. The highest BCUT2D eigenvalue weighted by Crippen LogP contribution is 2.17. The van der Waals surface area contributed by atoms with Crippen molar-refractivity contribution in [3.8, 4) is 5.75 Å². The van der Waals surface area contributed by atoms with Crippen LogP contribution in [-0.2, 0) is 4.79 Å². The Morgan fingerprint density at radius 1 is 1.14 bits per heavy atom. The number of halogens is 1. The van der Waals surface area contributed by atoms with E-state index in [1.807, 2.05) is 39.0 Å². The largest absolute Gasteiger partial charge is 0.496 e. The number of amides is 2. The van der Waals surface area contributed by atoms with Crippen molar-refractivity contribution in [2.45, 2.75) is 26.8 Å². The van der Waals surface area contributed by atoms with E-state index in [4.69, 9.17) is 16.3 Å². The highest BCUT2D eigenvalue weighted by atomic mass is 35.5. The van der Waals surface area contributed by atoms with Crippen molar-refractivity contribution in [3.05, 3.63) is 64.2 Å². The molecule has 2 amide bonds. The minimum Gasteiger partial charge on any atom is -0.496 e. The second-order valence-corrected chi connectivity index (χ2v) is 7.10. The number of nitrogens with zero attached hydrogens (tertiary/aromatic N) is 1. The van der Waals surface area contributed by atoms with Crippen LogP contribution in [0.1, 0.15) is 35.3 Å². The van der Waals surface area contributed by atoms with Crippen LogP contribution in [0.2, 0.25) is 5.02 Å². The monoisotopic (exact) mass is 401 g/mol. The third-order valence-electron chi connectivity index (χ3n) is 4.16. The molecule has 0 aliphatic carbocycles. The van der Waals surface area contributed by atoms with Gasteiger partial charge in [-0.3, -0.25) is 9.59 Å². The maximum absolute atomic E-state index is 12.5. The summed E-state index contributed by atoms with van der Waals surface area (Å²) >= 11 is 5.84. The summed E-state index contributed by atoms with van der Waals surface area (Å²) in [7, 11) is 1.60. The molecule has 2 rings (SSSR count). The summed E-state index contributed by atoms with van der Waals surface area (Å²) in [5.74, 6) is -0.123. The Balaban J connectivity index is 2.02. The summed E-state index contributed by atoms with van der Waals surface area (Å²) < 4.78 is 5.27. The van der Waals surface area contributed by atoms with Gasteiger partial charge < -0.3 is 10.1 Å². The lowest BCUT2D eigenvalue weighted by molar-refractivity contribution is -0.123. The fourth-order valence-electron chi connectivity index (χ4n) is 2.52. The van der Waals surface area contributed by atoms with Crippen molar-refractivity contribution in [2.24, 2.45) is 11.0 Å². The average molecular weight is 402 g/mol. The van der Waals surface area contributed by atoms with E-state index in [1.54, 1.807) is 31.4 Å². The molecule has 28 heavy (non-hydrogen) atoms. The Morgan fingerprint density at radius 3 is 2.43 bits per heavy atom. The fourth-order valence-corrected chi connectivity index (χ4v) is 2.64. The molecule has 0 saturated carbocycles. The molecule has 0 bridgehead atoms. The number of carbonyl (C=O) groups is 2. The Morgan fingerprint density at radius 2 is 1.82 bits per heavy atom. The van der Waals surface area contributed by atoms with Gasteiger partial charge >= 0.3 is 0 Å². The molecule has 0 fully saturated rings. The quantitative estimate of drug-likeness (QED) is 0.550. The number of benzene rings is 2. The highest BCUT2D eigenvalue weighted by molar-refractivity contribution is 6.30. The van der Waals surface area contributed by atoms with Crippen LogP contribution in [0, 0.1) is 12.8 Å². The molecular formula is C21H24ClN3O3. The lowest BCUT2D eigenvalue weighted by atomic mass is 10.0. The van der Waals surface area contributed by atoms with E-state index < -0.39 is 11.9 Å². The number of hydrazone groups is 1. The molecule has 2 aromatic carbocycles. The second kappa shape index (κ2) is 9.90. The zero-order valence-electron chi connectivity index (χ0n) is 16.3. The summed E-state index contributed by atoms with van der Waals surface area (Å²) in [4.78, 5) is 24.9. The van der Waals surface area contributed by atoms with Gasteiger partial charge in [0.15, 0.2) is 0 Å². The number of rotatable bonds is 7. The molecule has 0 radical (unpaired) electrons. The third-order valence-corrected chi connectivity index (χ3v) is 4.41. The van der Waals surface area contributed by atoms with Crippen LogP contribution in [0.3, 0.4) is 0 Å². The molecule has 7 heteroatoms. The maximum atomic E-state index is 12.5. The minimum absolute atomic E-state index is 0.120. The summed E-state index contributed by atoms with van der Waals surface area (Å²) in [6, 6.07) is 11.3. The molecule has 148 valence electrons. The van der Waals surface area contributed by atoms with Gasteiger partial charge in [-0.25, -0.2) is 5.43 Å². The second-order valence-electron chi connectivity index (χ2n) is 6.67. The lowest BCUT2D eigenvalue weighted by Gasteiger charge is -2.20. The maximum Gasteiger partial charge on any atom is 0.262 e. The van der Waals surface area contributed by atoms with Crippen molar-refractivity contribution in [3.63, 3.8) is 0 Å². The number of hydrogen-bond acceptors (Lipinski definition) is 4. The summed E-state index contributed by atoms with van der Waals surface area (Å²) in [6.07, 6.45) is 1.53. The van der Waals surface area contributed by atoms with Gasteiger partial charge in [-0.1, -0.05) is 37.6 Å². The molecule has 0 spiro atoms. The number of ether oxygens (including phenoxy) is 1. The van der Waals surface area contributed by atoms with E-state index >= 15 is 0 Å². The summed E-state index contributed by atoms with van der Waals surface area (Å²) in [5, 5.41) is 7.27. The van der Waals surface area contributed by atoms with Gasteiger partial charge in [0.05, 0.1) is 13.3 Å². The van der Waals surface area contributed by atoms with Gasteiger partial charge in [-0.15, -0.1) is 0 Å². The van der Waals surface area contributed by atoms with Crippen LogP contribution in [0.4, 0.5) is 0 Å². The van der Waals surface area contributed by atoms with Gasteiger partial charge in [0, 0.05) is 10.6 Å². The average Bonchev–Trinajstić information content (AvgIpc) is 2.67. The van der Waals surface area contributed by atoms with E-state index in [9.17, 15) is 9.59 Å². The van der Waals surface area contributed by atoms with Gasteiger partial charge in [0.1, 0.15) is 11.8 Å². The Bertz CT molecular complexity index is 864. The predicted octanol–water partition coefficient (Wildman–Crippen LogP) is 3.56. The van der Waals surface area contributed by atoms with E-state index in [0.29, 0.717) is 10.6 Å². The van der Waals surface area contributed by atoms with Gasteiger partial charge in [0.2, 0.25) is 0 Å². The SMILES string of the molecule is COc1cc(/C=N\NC(=O)C(NC(=O)c2ccc(Cl)cc2)C(C)C)ccc1C. The number of aryl methyl sites for hydroxylation is 1. The van der Waals surface area contributed by atoms with Gasteiger partial charge in [-0.05, 0) is 54.3 Å². The lowest BCUT2D eigenvalue weighted by Crippen LogP contribution is -2.48. The first-order chi connectivity index (χ1) is 13.3. The summed E-state index contributed by atoms with van der Waals surface area (Å²) in [6.45, 7) is 5.64. The third kappa shape index (κ3) is 5.82. The highest BCUT2D eigenvalue weighted by Gasteiger charge is 2.24. The zero-order chi connectivity index (χ0) is 20.7. The van der Waals surface area contributed by atoms with Crippen LogP contribution < -0.4 is 15.5 Å². The molecule has 2 N–H and O–H groups in total. The normalized spacial score (nSPS) is 12.1. The molecule has 1 unspecified atom stereocenters. The zero-order valence-corrected chi connectivity index (χ0v) is 17.1. The number of hydrogen-bond donors (Lipinski definition) is 2. The summed E-state index contributed by atoms with van der Waals surface area (Å²) in [5.41, 5.74) is 4.71. The van der Waals surface area contributed by atoms with E-state index in [2.05, 4.69) is 15.8 Å². The van der Waals surface area contributed by atoms with E-state index in [1.165, 1.54) is 6.21 Å². The molecule has 0 saturated heterocycles. The molecule has 0 heterocycles. The molecule has 0 aromatic heterocycles. The topological polar surface area (TPSA) is 79.8 Å². The number of methoxy groups -OCH3 is 1. The molecule has 1 atom stereocenters. The Labute approximate surface area is 169 Å². The Hall–Kier alpha value is -2.86. The van der Waals surface area contributed by atoms with Crippen molar-refractivity contribution in [1.82, 2.24) is 10.7 Å². The standard InChI is InChI=1S/C21H24ClN3O3/c1-13(2)19(24-20(26)16-7-9-17(22)10-8-16)21(27)25-23-12-15-6-5-14(3)18(11-15)28-4/h5-13,19H,1-4H3,(H,24,26)(H,25,27)/b23-12-.